The van der Waals surface area contributed by atoms with Gasteiger partial charge in [0.15, 0.2) is 0 Å². The molecule has 1 atom stereocenters. The van der Waals surface area contributed by atoms with E-state index >= 15 is 0 Å². The summed E-state index contributed by atoms with van der Waals surface area (Å²) < 4.78 is 5.68. The van der Waals surface area contributed by atoms with Crippen LogP contribution in [-0.2, 0) is 9.53 Å². The Labute approximate surface area is 147 Å². The third-order valence-electron chi connectivity index (χ3n) is 4.08. The zero-order chi connectivity index (χ0) is 17.5. The molecular formula is C20H19N3O2. The normalized spacial score (nSPS) is 16.7. The molecule has 0 N–H and O–H groups in total. The molecule has 25 heavy (non-hydrogen) atoms. The number of anilines is 1. The monoisotopic (exact) mass is 333 g/mol. The first-order valence-electron chi connectivity index (χ1n) is 8.27. The summed E-state index contributed by atoms with van der Waals surface area (Å²) in [6, 6.07) is 12.9. The molecule has 1 aromatic carbocycles. The lowest BCUT2D eigenvalue weighted by Crippen LogP contribution is -2.36. The standard InChI is InChI=1S/C20H19N3O2/c21-14-17-4-1-3-16(13-17)6-7-20(24)23(15-19-5-2-12-25-19)18-8-10-22-11-9-18/h1,3-4,6-11,13,19H,2,5,12,15H2/b7-6-/t19-/m1/s1. The maximum Gasteiger partial charge on any atom is 0.251 e. The van der Waals surface area contributed by atoms with Gasteiger partial charge in [0.2, 0.25) is 0 Å². The van der Waals surface area contributed by atoms with Crippen LogP contribution < -0.4 is 4.90 Å². The summed E-state index contributed by atoms with van der Waals surface area (Å²) in [7, 11) is 0. The minimum absolute atomic E-state index is 0.0624. The first kappa shape index (κ1) is 16.9. The highest BCUT2D eigenvalue weighted by molar-refractivity contribution is 6.03. The van der Waals surface area contributed by atoms with Crippen molar-refractivity contribution in [3.63, 3.8) is 0 Å². The molecule has 1 aliphatic heterocycles. The maximum atomic E-state index is 12.8. The van der Waals surface area contributed by atoms with Gasteiger partial charge in [-0.15, -0.1) is 0 Å². The topological polar surface area (TPSA) is 66.2 Å². The number of carbonyl (C=O) groups is 1. The molecule has 5 heteroatoms. The van der Waals surface area contributed by atoms with Gasteiger partial charge in [0, 0.05) is 30.8 Å². The average Bonchev–Trinajstić information content (AvgIpc) is 3.18. The van der Waals surface area contributed by atoms with E-state index in [2.05, 4.69) is 11.1 Å². The van der Waals surface area contributed by atoms with Crippen LogP contribution in [0.2, 0.25) is 0 Å². The van der Waals surface area contributed by atoms with Gasteiger partial charge in [-0.05, 0) is 48.7 Å². The molecule has 0 saturated carbocycles. The average molecular weight is 333 g/mol. The van der Waals surface area contributed by atoms with Gasteiger partial charge in [0.1, 0.15) is 0 Å². The van der Waals surface area contributed by atoms with Crippen LogP contribution in [-0.4, -0.2) is 30.1 Å². The number of nitrogens with zero attached hydrogens (tertiary/aromatic N) is 3. The van der Waals surface area contributed by atoms with Crippen molar-refractivity contribution in [2.75, 3.05) is 18.1 Å². The summed E-state index contributed by atoms with van der Waals surface area (Å²) in [6.45, 7) is 1.27. The molecule has 1 aromatic heterocycles. The number of nitriles is 1. The molecule has 5 nitrogen and oxygen atoms in total. The van der Waals surface area contributed by atoms with Crippen LogP contribution in [0.4, 0.5) is 5.69 Å². The van der Waals surface area contributed by atoms with Gasteiger partial charge in [-0.2, -0.15) is 5.26 Å². The van der Waals surface area contributed by atoms with Gasteiger partial charge in [0.05, 0.1) is 24.3 Å². The van der Waals surface area contributed by atoms with E-state index in [-0.39, 0.29) is 12.0 Å². The molecule has 2 heterocycles. The minimum Gasteiger partial charge on any atom is -0.376 e. The van der Waals surface area contributed by atoms with Gasteiger partial charge >= 0.3 is 0 Å². The van der Waals surface area contributed by atoms with E-state index in [9.17, 15) is 4.79 Å². The van der Waals surface area contributed by atoms with Crippen molar-refractivity contribution < 1.29 is 9.53 Å². The Morgan fingerprint density at radius 1 is 1.36 bits per heavy atom. The third kappa shape index (κ3) is 4.52. The Hall–Kier alpha value is -2.97. The van der Waals surface area contributed by atoms with Gasteiger partial charge < -0.3 is 9.64 Å². The molecule has 0 bridgehead atoms. The second kappa shape index (κ2) is 8.22. The number of hydrogen-bond donors (Lipinski definition) is 0. The number of rotatable bonds is 5. The van der Waals surface area contributed by atoms with E-state index in [1.165, 1.54) is 6.08 Å². The summed E-state index contributed by atoms with van der Waals surface area (Å²) in [4.78, 5) is 18.5. The summed E-state index contributed by atoms with van der Waals surface area (Å²) >= 11 is 0. The lowest BCUT2D eigenvalue weighted by atomic mass is 10.1. The smallest absolute Gasteiger partial charge is 0.251 e. The number of carbonyl (C=O) groups excluding carboxylic acids is 1. The Balaban J connectivity index is 1.78. The lowest BCUT2D eigenvalue weighted by Gasteiger charge is -2.24. The largest absolute Gasteiger partial charge is 0.376 e. The van der Waals surface area contributed by atoms with Gasteiger partial charge in [0.25, 0.3) is 5.91 Å². The predicted octanol–water partition coefficient (Wildman–Crippen LogP) is 3.18. The number of benzene rings is 1. The van der Waals surface area contributed by atoms with E-state index in [4.69, 9.17) is 10.00 Å². The lowest BCUT2D eigenvalue weighted by molar-refractivity contribution is -0.114. The summed E-state index contributed by atoms with van der Waals surface area (Å²) in [6.07, 6.45) is 8.66. The van der Waals surface area contributed by atoms with Gasteiger partial charge in [-0.1, -0.05) is 12.1 Å². The maximum absolute atomic E-state index is 12.8. The molecule has 0 spiro atoms. The zero-order valence-electron chi connectivity index (χ0n) is 13.8. The fourth-order valence-electron chi connectivity index (χ4n) is 2.81. The van der Waals surface area contributed by atoms with E-state index in [0.717, 1.165) is 30.7 Å². The van der Waals surface area contributed by atoms with Crippen LogP contribution in [0.25, 0.3) is 6.08 Å². The fourth-order valence-corrected chi connectivity index (χ4v) is 2.81. The highest BCUT2D eigenvalue weighted by atomic mass is 16.5. The number of aromatic nitrogens is 1. The van der Waals surface area contributed by atoms with E-state index in [0.29, 0.717) is 12.1 Å². The summed E-state index contributed by atoms with van der Waals surface area (Å²) in [5, 5.41) is 8.97. The third-order valence-corrected chi connectivity index (χ3v) is 4.08. The summed E-state index contributed by atoms with van der Waals surface area (Å²) in [5.41, 5.74) is 2.19. The van der Waals surface area contributed by atoms with Crippen LogP contribution in [0.5, 0.6) is 0 Å². The molecule has 1 aliphatic rings. The number of pyridine rings is 1. The van der Waals surface area contributed by atoms with Crippen LogP contribution in [0.3, 0.4) is 0 Å². The second-order valence-electron chi connectivity index (χ2n) is 5.86. The van der Waals surface area contributed by atoms with Crippen LogP contribution in [0, 0.1) is 11.3 Å². The molecule has 0 aliphatic carbocycles. The van der Waals surface area contributed by atoms with Crippen molar-refractivity contribution in [1.82, 2.24) is 4.98 Å². The highest BCUT2D eigenvalue weighted by Crippen LogP contribution is 2.19. The van der Waals surface area contributed by atoms with Crippen molar-refractivity contribution in [2.45, 2.75) is 18.9 Å². The van der Waals surface area contributed by atoms with E-state index in [1.807, 2.05) is 18.2 Å². The quantitative estimate of drug-likeness (QED) is 0.788. The minimum atomic E-state index is -0.121. The van der Waals surface area contributed by atoms with Crippen molar-refractivity contribution in [3.8, 4) is 6.07 Å². The van der Waals surface area contributed by atoms with Crippen molar-refractivity contribution >= 4 is 17.7 Å². The van der Waals surface area contributed by atoms with Crippen LogP contribution >= 0.6 is 0 Å². The van der Waals surface area contributed by atoms with Crippen molar-refractivity contribution in [2.24, 2.45) is 0 Å². The van der Waals surface area contributed by atoms with Crippen molar-refractivity contribution in [1.29, 1.82) is 5.26 Å². The van der Waals surface area contributed by atoms with Crippen LogP contribution in [0.1, 0.15) is 24.0 Å². The summed E-state index contributed by atoms with van der Waals surface area (Å²) in [5.74, 6) is -0.121. The number of hydrogen-bond acceptors (Lipinski definition) is 4. The Kier molecular flexibility index (Phi) is 5.55. The first-order chi connectivity index (χ1) is 12.3. The number of amides is 1. The van der Waals surface area contributed by atoms with E-state index < -0.39 is 0 Å². The fraction of sp³-hybridized carbons (Fsp3) is 0.250. The molecule has 2 aromatic rings. The number of ether oxygens (including phenoxy) is 1. The predicted molar refractivity (Wildman–Crippen MR) is 95.8 cm³/mol. The molecule has 1 saturated heterocycles. The Morgan fingerprint density at radius 2 is 2.20 bits per heavy atom. The van der Waals surface area contributed by atoms with Gasteiger partial charge in [-0.25, -0.2) is 0 Å². The second-order valence-corrected chi connectivity index (χ2v) is 5.86. The molecule has 3 rings (SSSR count). The highest BCUT2D eigenvalue weighted by Gasteiger charge is 2.22. The molecule has 0 unspecified atom stereocenters. The SMILES string of the molecule is N#Cc1cccc(/C=C\C(=O)N(C[C@H]2CCCO2)c2ccncc2)c1. The van der Waals surface area contributed by atoms with Gasteiger partial charge in [-0.3, -0.25) is 9.78 Å². The Morgan fingerprint density at radius 3 is 2.92 bits per heavy atom. The van der Waals surface area contributed by atoms with Crippen molar-refractivity contribution in [3.05, 3.63) is 66.0 Å². The molecular weight excluding hydrogens is 314 g/mol. The first-order valence-corrected chi connectivity index (χ1v) is 8.27. The van der Waals surface area contributed by atoms with E-state index in [1.54, 1.807) is 41.6 Å². The molecule has 0 radical (unpaired) electrons. The zero-order valence-corrected chi connectivity index (χ0v) is 13.8. The molecule has 126 valence electrons. The molecule has 1 amide bonds. The van der Waals surface area contributed by atoms with Crippen LogP contribution in [0.15, 0.2) is 54.9 Å². The Bertz CT molecular complexity index is 790. The molecule has 1 fully saturated rings.